The van der Waals surface area contributed by atoms with Crippen molar-refractivity contribution in [3.63, 3.8) is 0 Å². The fraction of sp³-hybridized carbons (Fsp3) is 0.345. The SMILES string of the molecule is COc1ccc(C(C)C)cc1-c1ccc(C(F)(F)F)cc1CNCC(=O)Oc1cc(C(F)(F)F)c(C)c(C(F)(F)F)c1. The van der Waals surface area contributed by atoms with Crippen LogP contribution in [0.25, 0.3) is 11.1 Å². The van der Waals surface area contributed by atoms with E-state index in [0.717, 1.165) is 17.7 Å². The molecule has 0 fully saturated rings. The lowest BCUT2D eigenvalue weighted by atomic mass is 9.92. The summed E-state index contributed by atoms with van der Waals surface area (Å²) >= 11 is 0. The first-order valence-corrected chi connectivity index (χ1v) is 12.4. The quantitative estimate of drug-likeness (QED) is 0.158. The Morgan fingerprint density at radius 3 is 1.90 bits per heavy atom. The number of methoxy groups -OCH3 is 1. The minimum Gasteiger partial charge on any atom is -0.496 e. The fourth-order valence-electron chi connectivity index (χ4n) is 4.28. The third-order valence-electron chi connectivity index (χ3n) is 6.42. The summed E-state index contributed by atoms with van der Waals surface area (Å²) in [4.78, 5) is 12.4. The van der Waals surface area contributed by atoms with Crippen LogP contribution < -0.4 is 14.8 Å². The molecule has 3 aromatic carbocycles. The first-order chi connectivity index (χ1) is 19.3. The van der Waals surface area contributed by atoms with Crippen LogP contribution in [0.4, 0.5) is 39.5 Å². The summed E-state index contributed by atoms with van der Waals surface area (Å²) in [6, 6.07) is 8.82. The molecule has 42 heavy (non-hydrogen) atoms. The highest BCUT2D eigenvalue weighted by Gasteiger charge is 2.40. The Kier molecular flexibility index (Phi) is 9.55. The van der Waals surface area contributed by atoms with Crippen LogP contribution in [0.3, 0.4) is 0 Å². The van der Waals surface area contributed by atoms with Crippen molar-refractivity contribution in [1.29, 1.82) is 0 Å². The van der Waals surface area contributed by atoms with Gasteiger partial charge in [0.2, 0.25) is 0 Å². The van der Waals surface area contributed by atoms with E-state index in [-0.39, 0.29) is 30.2 Å². The fourth-order valence-corrected chi connectivity index (χ4v) is 4.28. The van der Waals surface area contributed by atoms with E-state index in [1.165, 1.54) is 13.2 Å². The zero-order chi connectivity index (χ0) is 31.6. The number of carbonyl (C=O) groups excluding carboxylic acids is 1. The predicted molar refractivity (Wildman–Crippen MR) is 136 cm³/mol. The van der Waals surface area contributed by atoms with E-state index in [1.54, 1.807) is 12.1 Å². The first kappa shape index (κ1) is 32.8. The molecule has 0 aliphatic heterocycles. The van der Waals surface area contributed by atoms with E-state index in [1.807, 2.05) is 19.9 Å². The zero-order valence-corrected chi connectivity index (χ0v) is 22.7. The summed E-state index contributed by atoms with van der Waals surface area (Å²) in [5.74, 6) is -1.78. The van der Waals surface area contributed by atoms with Crippen LogP contribution in [0.2, 0.25) is 0 Å². The Hall–Kier alpha value is -3.74. The molecule has 3 rings (SSSR count). The lowest BCUT2D eigenvalue weighted by Crippen LogP contribution is -2.27. The third-order valence-corrected chi connectivity index (χ3v) is 6.42. The molecule has 0 saturated carbocycles. The van der Waals surface area contributed by atoms with Gasteiger partial charge in [0, 0.05) is 12.1 Å². The zero-order valence-electron chi connectivity index (χ0n) is 22.7. The number of rotatable bonds is 8. The van der Waals surface area contributed by atoms with Crippen molar-refractivity contribution >= 4 is 5.97 Å². The molecule has 13 heteroatoms. The van der Waals surface area contributed by atoms with E-state index >= 15 is 0 Å². The Morgan fingerprint density at radius 2 is 1.40 bits per heavy atom. The maximum absolute atomic E-state index is 13.5. The van der Waals surface area contributed by atoms with Gasteiger partial charge in [-0.15, -0.1) is 0 Å². The molecule has 0 saturated heterocycles. The molecular formula is C29H26F9NO3. The van der Waals surface area contributed by atoms with Crippen molar-refractivity contribution in [2.75, 3.05) is 13.7 Å². The molecule has 0 aliphatic rings. The van der Waals surface area contributed by atoms with Gasteiger partial charge < -0.3 is 14.8 Å². The Bertz CT molecular complexity index is 1410. The molecule has 0 radical (unpaired) electrons. The number of benzene rings is 3. The van der Waals surface area contributed by atoms with Crippen LogP contribution in [0.1, 0.15) is 53.1 Å². The molecule has 4 nitrogen and oxygen atoms in total. The van der Waals surface area contributed by atoms with E-state index in [4.69, 9.17) is 9.47 Å². The van der Waals surface area contributed by atoms with Gasteiger partial charge in [0.1, 0.15) is 11.5 Å². The Labute approximate surface area is 235 Å². The average molecular weight is 608 g/mol. The molecule has 1 N–H and O–H groups in total. The molecule has 228 valence electrons. The van der Waals surface area contributed by atoms with E-state index in [2.05, 4.69) is 5.32 Å². The van der Waals surface area contributed by atoms with Gasteiger partial charge in [-0.2, -0.15) is 39.5 Å². The molecule has 0 bridgehead atoms. The second kappa shape index (κ2) is 12.2. The van der Waals surface area contributed by atoms with Gasteiger partial charge in [-0.1, -0.05) is 26.0 Å². The molecule has 0 aromatic heterocycles. The first-order valence-electron chi connectivity index (χ1n) is 12.4. The molecule has 3 aromatic rings. The van der Waals surface area contributed by atoms with Gasteiger partial charge >= 0.3 is 24.5 Å². The minimum absolute atomic E-state index is 0.0814. The van der Waals surface area contributed by atoms with Crippen LogP contribution in [-0.4, -0.2) is 19.6 Å². The number of nitrogens with one attached hydrogen (secondary N) is 1. The van der Waals surface area contributed by atoms with Gasteiger partial charge in [0.15, 0.2) is 0 Å². The van der Waals surface area contributed by atoms with Crippen LogP contribution in [0.5, 0.6) is 11.5 Å². The standard InChI is InChI=1S/C29H26F9NO3/c1-15(2)17-5-8-25(41-4)22(10-17)21-7-6-19(27(30,31)32)9-18(21)13-39-14-26(40)42-20-11-23(28(33,34)35)16(3)24(12-20)29(36,37)38/h5-12,15,39H,13-14H2,1-4H3. The number of alkyl halides is 9. The van der Waals surface area contributed by atoms with Gasteiger partial charge in [0.25, 0.3) is 0 Å². The maximum Gasteiger partial charge on any atom is 0.416 e. The molecule has 0 aliphatic carbocycles. The van der Waals surface area contributed by atoms with Crippen molar-refractivity contribution in [3.05, 3.63) is 81.9 Å². The van der Waals surface area contributed by atoms with Gasteiger partial charge in [-0.3, -0.25) is 4.79 Å². The summed E-state index contributed by atoms with van der Waals surface area (Å²) in [6.07, 6.45) is -15.0. The number of hydrogen-bond acceptors (Lipinski definition) is 4. The number of ether oxygens (including phenoxy) is 2. The summed E-state index contributed by atoms with van der Waals surface area (Å²) in [5, 5.41) is 2.56. The average Bonchev–Trinajstić information content (AvgIpc) is 2.87. The van der Waals surface area contributed by atoms with E-state index in [0.29, 0.717) is 23.8 Å². The van der Waals surface area contributed by atoms with Crippen molar-refractivity contribution in [2.24, 2.45) is 0 Å². The predicted octanol–water partition coefficient (Wildman–Crippen LogP) is 8.55. The lowest BCUT2D eigenvalue weighted by Gasteiger charge is -2.19. The summed E-state index contributed by atoms with van der Waals surface area (Å²) in [5.41, 5.74) is -3.49. The van der Waals surface area contributed by atoms with Crippen LogP contribution in [0, 0.1) is 6.92 Å². The van der Waals surface area contributed by atoms with Crippen LogP contribution >= 0.6 is 0 Å². The summed E-state index contributed by atoms with van der Waals surface area (Å²) in [7, 11) is 1.39. The lowest BCUT2D eigenvalue weighted by molar-refractivity contribution is -0.145. The highest BCUT2D eigenvalue weighted by molar-refractivity contribution is 5.76. The Morgan fingerprint density at radius 1 is 0.810 bits per heavy atom. The van der Waals surface area contributed by atoms with E-state index in [9.17, 15) is 44.3 Å². The third kappa shape index (κ3) is 7.75. The second-order valence-corrected chi connectivity index (χ2v) is 9.70. The molecule has 0 unspecified atom stereocenters. The van der Waals surface area contributed by atoms with Crippen molar-refractivity contribution in [1.82, 2.24) is 5.32 Å². The largest absolute Gasteiger partial charge is 0.496 e. The second-order valence-electron chi connectivity index (χ2n) is 9.70. The number of esters is 1. The molecule has 0 spiro atoms. The number of hydrogen-bond donors (Lipinski definition) is 1. The van der Waals surface area contributed by atoms with Gasteiger partial charge in [-0.25, -0.2) is 0 Å². The molecule has 0 heterocycles. The molecular weight excluding hydrogens is 581 g/mol. The van der Waals surface area contributed by atoms with Crippen molar-refractivity contribution in [2.45, 2.75) is 51.8 Å². The van der Waals surface area contributed by atoms with E-state index < -0.39 is 59.0 Å². The minimum atomic E-state index is -5.15. The smallest absolute Gasteiger partial charge is 0.416 e. The number of halogens is 9. The highest BCUT2D eigenvalue weighted by atomic mass is 19.4. The summed E-state index contributed by atoms with van der Waals surface area (Å²) in [6.45, 7) is 3.43. The van der Waals surface area contributed by atoms with Crippen molar-refractivity contribution < 1.29 is 53.8 Å². The maximum atomic E-state index is 13.5. The van der Waals surface area contributed by atoms with Crippen LogP contribution in [0.15, 0.2) is 48.5 Å². The topological polar surface area (TPSA) is 47.6 Å². The molecule has 0 amide bonds. The Balaban J connectivity index is 1.89. The van der Waals surface area contributed by atoms with Gasteiger partial charge in [-0.05, 0) is 71.5 Å². The number of carbonyl (C=O) groups is 1. The summed E-state index contributed by atoms with van der Waals surface area (Å²) < 4.78 is 131. The molecule has 0 atom stereocenters. The normalized spacial score (nSPS) is 12.5. The highest BCUT2D eigenvalue weighted by Crippen LogP contribution is 2.42. The monoisotopic (exact) mass is 607 g/mol. The van der Waals surface area contributed by atoms with Crippen LogP contribution in [-0.2, 0) is 29.9 Å². The van der Waals surface area contributed by atoms with Crippen molar-refractivity contribution in [3.8, 4) is 22.6 Å². The van der Waals surface area contributed by atoms with Gasteiger partial charge in [0.05, 0.1) is 30.3 Å².